The number of carbonyl (C=O) groups excluding carboxylic acids is 2. The van der Waals surface area contributed by atoms with E-state index in [9.17, 15) is 9.59 Å². The molecule has 0 atom stereocenters. The smallest absolute Gasteiger partial charge is 0.410 e. The Morgan fingerprint density at radius 3 is 1.91 bits per heavy atom. The molecule has 0 aliphatic rings. The molecule has 6 heteroatoms. The molecular formula is C17H21ClN2O3. The lowest BCUT2D eigenvalue weighted by Crippen LogP contribution is -2.21. The molecule has 0 saturated carbocycles. The molecule has 0 fully saturated rings. The Morgan fingerprint density at radius 2 is 1.48 bits per heavy atom. The lowest BCUT2D eigenvalue weighted by molar-refractivity contribution is -0.111. The van der Waals surface area contributed by atoms with Crippen LogP contribution in [0.3, 0.4) is 0 Å². The summed E-state index contributed by atoms with van der Waals surface area (Å²) < 4.78 is 4.81. The second-order valence-electron chi connectivity index (χ2n) is 3.97. The molecule has 3 N–H and O–H groups in total. The minimum Gasteiger partial charge on any atom is -0.410 e. The first kappa shape index (κ1) is 20.6. The maximum absolute atomic E-state index is 10.6. The summed E-state index contributed by atoms with van der Waals surface area (Å²) in [6.07, 6.45) is -0.126. The predicted octanol–water partition coefficient (Wildman–Crippen LogP) is 2.97. The van der Waals surface area contributed by atoms with Crippen molar-refractivity contribution in [3.8, 4) is 5.75 Å². The molecule has 2 aromatic carbocycles. The third kappa shape index (κ3) is 10.9. The summed E-state index contributed by atoms with van der Waals surface area (Å²) in [6.45, 7) is 0. The van der Waals surface area contributed by atoms with Gasteiger partial charge in [-0.3, -0.25) is 4.79 Å². The number of nitrogens with one attached hydrogen (secondary N) is 1. The van der Waals surface area contributed by atoms with Gasteiger partial charge in [0, 0.05) is 13.5 Å². The average molecular weight is 337 g/mol. The van der Waals surface area contributed by atoms with Crippen LogP contribution in [-0.4, -0.2) is 25.4 Å². The molecule has 0 unspecified atom stereocenters. The first-order valence-electron chi connectivity index (χ1n) is 6.86. The summed E-state index contributed by atoms with van der Waals surface area (Å²) in [5.74, 6) is 0.548. The number of para-hydroxylation sites is 1. The van der Waals surface area contributed by atoms with Crippen LogP contribution in [0.2, 0.25) is 0 Å². The molecule has 1 amide bonds. The molecule has 124 valence electrons. The number of hydrogen-bond acceptors (Lipinski definition) is 4. The average Bonchev–Trinajstić information content (AvgIpc) is 2.58. The molecule has 0 radical (unpaired) electrons. The van der Waals surface area contributed by atoms with E-state index in [-0.39, 0.29) is 5.24 Å². The highest BCUT2D eigenvalue weighted by molar-refractivity contribution is 6.63. The summed E-state index contributed by atoms with van der Waals surface area (Å²) >= 11 is 5.17. The van der Waals surface area contributed by atoms with Crippen molar-refractivity contribution in [2.75, 3.05) is 14.1 Å². The Labute approximate surface area is 141 Å². The fourth-order valence-corrected chi connectivity index (χ4v) is 1.56. The second-order valence-corrected chi connectivity index (χ2v) is 4.39. The lowest BCUT2D eigenvalue weighted by atomic mass is 10.2. The zero-order valence-electron chi connectivity index (χ0n) is 13.2. The first-order valence-corrected chi connectivity index (χ1v) is 7.24. The molecule has 2 rings (SSSR count). The monoisotopic (exact) mass is 336 g/mol. The van der Waals surface area contributed by atoms with Gasteiger partial charge in [-0.2, -0.15) is 0 Å². The number of rotatable bonds is 3. The third-order valence-electron chi connectivity index (χ3n) is 2.34. The van der Waals surface area contributed by atoms with Gasteiger partial charge in [-0.25, -0.2) is 4.79 Å². The fourth-order valence-electron chi connectivity index (χ4n) is 1.40. The lowest BCUT2D eigenvalue weighted by Gasteiger charge is -2.00. The molecule has 0 spiro atoms. The van der Waals surface area contributed by atoms with E-state index in [4.69, 9.17) is 16.3 Å². The van der Waals surface area contributed by atoms with Crippen molar-refractivity contribution in [1.82, 2.24) is 5.32 Å². The van der Waals surface area contributed by atoms with E-state index in [0.717, 1.165) is 5.56 Å². The standard InChI is InChI=1S/C8H7ClO.C8H9NO2.CH5N/c9-8(10)6-7-4-2-1-3-5-7;1-9-8(10)11-7-5-3-2-4-6-7;1-2/h1-5H,6H2;2-6H,1H3,(H,9,10);2H2,1H3. The molecule has 23 heavy (non-hydrogen) atoms. The van der Waals surface area contributed by atoms with Crippen molar-refractivity contribution in [1.29, 1.82) is 0 Å². The van der Waals surface area contributed by atoms with Gasteiger partial charge in [0.2, 0.25) is 5.24 Å². The Kier molecular flexibility index (Phi) is 11.9. The molecule has 2 aromatic rings. The van der Waals surface area contributed by atoms with Crippen LogP contribution in [0, 0.1) is 0 Å². The van der Waals surface area contributed by atoms with E-state index in [1.807, 2.05) is 36.4 Å². The van der Waals surface area contributed by atoms with E-state index in [1.54, 1.807) is 24.3 Å². The Balaban J connectivity index is 0.000000381. The van der Waals surface area contributed by atoms with Crippen molar-refractivity contribution >= 4 is 22.9 Å². The zero-order valence-corrected chi connectivity index (χ0v) is 13.9. The predicted molar refractivity (Wildman–Crippen MR) is 92.6 cm³/mol. The Morgan fingerprint density at radius 1 is 1.00 bits per heavy atom. The van der Waals surface area contributed by atoms with Crippen LogP contribution in [0.1, 0.15) is 5.56 Å². The fraction of sp³-hybridized carbons (Fsp3) is 0.176. The summed E-state index contributed by atoms with van der Waals surface area (Å²) in [6, 6.07) is 18.3. The van der Waals surface area contributed by atoms with E-state index in [0.29, 0.717) is 12.2 Å². The Hall–Kier alpha value is -2.37. The number of nitrogens with two attached hydrogens (primary N) is 1. The highest BCUT2D eigenvalue weighted by Crippen LogP contribution is 2.07. The van der Waals surface area contributed by atoms with Gasteiger partial charge in [-0.1, -0.05) is 48.5 Å². The molecule has 0 aliphatic carbocycles. The normalized spacial score (nSPS) is 8.52. The van der Waals surface area contributed by atoms with Crippen molar-refractivity contribution in [3.63, 3.8) is 0 Å². The molecule has 0 bridgehead atoms. The number of benzene rings is 2. The summed E-state index contributed by atoms with van der Waals surface area (Å²) in [4.78, 5) is 21.0. The van der Waals surface area contributed by atoms with Gasteiger partial charge in [0.25, 0.3) is 0 Å². The number of hydrogen-bond donors (Lipinski definition) is 2. The van der Waals surface area contributed by atoms with Crippen LogP contribution in [0.4, 0.5) is 4.79 Å². The molecule has 0 heterocycles. The number of carbonyl (C=O) groups is 2. The highest BCUT2D eigenvalue weighted by atomic mass is 35.5. The largest absolute Gasteiger partial charge is 0.412 e. The topological polar surface area (TPSA) is 81.4 Å². The van der Waals surface area contributed by atoms with Gasteiger partial charge in [-0.05, 0) is 36.3 Å². The van der Waals surface area contributed by atoms with Gasteiger partial charge >= 0.3 is 6.09 Å². The highest BCUT2D eigenvalue weighted by Gasteiger charge is 1.97. The van der Waals surface area contributed by atoms with Crippen LogP contribution >= 0.6 is 11.6 Å². The van der Waals surface area contributed by atoms with Crippen molar-refractivity contribution in [2.24, 2.45) is 5.73 Å². The number of ether oxygens (including phenoxy) is 1. The van der Waals surface area contributed by atoms with Gasteiger partial charge in [-0.15, -0.1) is 0 Å². The molecule has 5 nitrogen and oxygen atoms in total. The van der Waals surface area contributed by atoms with Gasteiger partial charge < -0.3 is 15.8 Å². The second kappa shape index (κ2) is 13.3. The van der Waals surface area contributed by atoms with Crippen LogP contribution in [-0.2, 0) is 11.2 Å². The third-order valence-corrected chi connectivity index (χ3v) is 2.48. The minimum atomic E-state index is -0.448. The number of amides is 1. The van der Waals surface area contributed by atoms with Crippen molar-refractivity contribution in [2.45, 2.75) is 6.42 Å². The van der Waals surface area contributed by atoms with Crippen molar-refractivity contribution < 1.29 is 14.3 Å². The van der Waals surface area contributed by atoms with Gasteiger partial charge in [0.05, 0.1) is 0 Å². The molecular weight excluding hydrogens is 316 g/mol. The van der Waals surface area contributed by atoms with Crippen LogP contribution in [0.25, 0.3) is 0 Å². The van der Waals surface area contributed by atoms with E-state index in [1.165, 1.54) is 14.1 Å². The molecule has 0 saturated heterocycles. The summed E-state index contributed by atoms with van der Waals surface area (Å²) in [5, 5.41) is 2.04. The molecule has 0 aromatic heterocycles. The number of halogens is 1. The zero-order chi connectivity index (χ0) is 17.5. The maximum atomic E-state index is 10.6. The van der Waals surface area contributed by atoms with E-state index < -0.39 is 6.09 Å². The van der Waals surface area contributed by atoms with Crippen LogP contribution < -0.4 is 15.8 Å². The molecule has 0 aliphatic heterocycles. The first-order chi connectivity index (χ1) is 11.1. The summed E-state index contributed by atoms with van der Waals surface area (Å²) in [7, 11) is 3.02. The minimum absolute atomic E-state index is 0.314. The maximum Gasteiger partial charge on any atom is 0.412 e. The van der Waals surface area contributed by atoms with Crippen LogP contribution in [0.5, 0.6) is 5.75 Å². The van der Waals surface area contributed by atoms with Crippen LogP contribution in [0.15, 0.2) is 60.7 Å². The quantitative estimate of drug-likeness (QED) is 0.844. The SMILES string of the molecule is CN.CNC(=O)Oc1ccccc1.O=C(Cl)Cc1ccccc1. The van der Waals surface area contributed by atoms with E-state index >= 15 is 0 Å². The summed E-state index contributed by atoms with van der Waals surface area (Å²) in [5.41, 5.74) is 5.46. The van der Waals surface area contributed by atoms with Gasteiger partial charge in [0.15, 0.2) is 0 Å². The Bertz CT molecular complexity index is 563. The van der Waals surface area contributed by atoms with E-state index in [2.05, 4.69) is 11.1 Å². The van der Waals surface area contributed by atoms with Crippen molar-refractivity contribution in [3.05, 3.63) is 66.2 Å². The van der Waals surface area contributed by atoms with Gasteiger partial charge in [0.1, 0.15) is 5.75 Å².